The van der Waals surface area contributed by atoms with Crippen LogP contribution in [0.3, 0.4) is 0 Å². The number of hydrogen-bond donors (Lipinski definition) is 1. The van der Waals surface area contributed by atoms with Gasteiger partial charge in [-0.05, 0) is 43.3 Å². The molecule has 2 aromatic carbocycles. The number of rotatable bonds is 8. The van der Waals surface area contributed by atoms with Crippen LogP contribution in [-0.2, 0) is 14.9 Å². The molecular weight excluding hydrogens is 314 g/mol. The third-order valence-corrected chi connectivity index (χ3v) is 4.74. The number of esters is 1. The Morgan fingerprint density at radius 3 is 2.12 bits per heavy atom. The van der Waals surface area contributed by atoms with Crippen LogP contribution in [0.5, 0.6) is 5.75 Å². The van der Waals surface area contributed by atoms with Crippen molar-refractivity contribution < 1.29 is 14.6 Å². The van der Waals surface area contributed by atoms with Crippen molar-refractivity contribution in [3.05, 3.63) is 65.7 Å². The summed E-state index contributed by atoms with van der Waals surface area (Å²) in [6.45, 7) is 9.00. The predicted molar refractivity (Wildman–Crippen MR) is 99.7 cm³/mol. The molecule has 1 atom stereocenters. The van der Waals surface area contributed by atoms with E-state index in [2.05, 4.69) is 18.7 Å². The predicted octanol–water partition coefficient (Wildman–Crippen LogP) is 3.58. The van der Waals surface area contributed by atoms with Gasteiger partial charge in [-0.2, -0.15) is 0 Å². The molecule has 0 aliphatic rings. The average molecular weight is 341 g/mol. The van der Waals surface area contributed by atoms with E-state index in [1.807, 2.05) is 37.3 Å². The number of benzene rings is 2. The molecule has 2 aromatic rings. The lowest BCUT2D eigenvalue weighted by molar-refractivity contribution is -0.148. The van der Waals surface area contributed by atoms with E-state index in [9.17, 15) is 9.90 Å². The van der Waals surface area contributed by atoms with Gasteiger partial charge in [-0.25, -0.2) is 0 Å². The second kappa shape index (κ2) is 8.67. The normalized spacial score (nSPS) is 13.4. The number of nitrogens with zero attached hydrogens (tertiary/aromatic N) is 1. The first-order chi connectivity index (χ1) is 12.0. The molecule has 0 spiro atoms. The highest BCUT2D eigenvalue weighted by Gasteiger charge is 2.38. The standard InChI is InChI=1S/C21H27NO3/c1-4-22(5-2)15-16-25-20(24)21(3,17-9-7-6-8-10-17)18-11-13-19(23)14-12-18/h6-14,23H,4-5,15-16H2,1-3H3. The van der Waals surface area contributed by atoms with E-state index in [1.165, 1.54) is 0 Å². The van der Waals surface area contributed by atoms with Crippen LogP contribution in [0.4, 0.5) is 0 Å². The molecule has 1 unspecified atom stereocenters. The van der Waals surface area contributed by atoms with Gasteiger partial charge in [0.2, 0.25) is 0 Å². The lowest BCUT2D eigenvalue weighted by Gasteiger charge is -2.29. The van der Waals surface area contributed by atoms with Gasteiger partial charge < -0.3 is 14.7 Å². The number of ether oxygens (including phenoxy) is 1. The summed E-state index contributed by atoms with van der Waals surface area (Å²) in [6.07, 6.45) is 0. The fourth-order valence-corrected chi connectivity index (χ4v) is 2.92. The summed E-state index contributed by atoms with van der Waals surface area (Å²) in [4.78, 5) is 15.2. The van der Waals surface area contributed by atoms with E-state index in [-0.39, 0.29) is 11.7 Å². The summed E-state index contributed by atoms with van der Waals surface area (Å²) >= 11 is 0. The quantitative estimate of drug-likeness (QED) is 0.746. The van der Waals surface area contributed by atoms with Crippen LogP contribution < -0.4 is 0 Å². The van der Waals surface area contributed by atoms with Gasteiger partial charge in [0.25, 0.3) is 0 Å². The zero-order valence-electron chi connectivity index (χ0n) is 15.2. The molecule has 0 aliphatic heterocycles. The van der Waals surface area contributed by atoms with Gasteiger partial charge in [0.1, 0.15) is 17.8 Å². The summed E-state index contributed by atoms with van der Waals surface area (Å²) in [5, 5.41) is 9.57. The Morgan fingerprint density at radius 2 is 1.56 bits per heavy atom. The first kappa shape index (κ1) is 19.0. The molecule has 1 N–H and O–H groups in total. The first-order valence-electron chi connectivity index (χ1n) is 8.77. The summed E-state index contributed by atoms with van der Waals surface area (Å²) in [6, 6.07) is 16.3. The summed E-state index contributed by atoms with van der Waals surface area (Å²) in [7, 11) is 0. The van der Waals surface area contributed by atoms with Crippen LogP contribution in [0.25, 0.3) is 0 Å². The van der Waals surface area contributed by atoms with Crippen LogP contribution in [-0.4, -0.2) is 42.2 Å². The molecular formula is C21H27NO3. The molecule has 4 nitrogen and oxygen atoms in total. The van der Waals surface area contributed by atoms with Gasteiger partial charge in [0, 0.05) is 6.54 Å². The van der Waals surface area contributed by atoms with Crippen molar-refractivity contribution in [2.45, 2.75) is 26.2 Å². The number of likely N-dealkylation sites (N-methyl/N-ethyl adjacent to an activating group) is 1. The molecule has 4 heteroatoms. The van der Waals surface area contributed by atoms with Crippen molar-refractivity contribution in [1.82, 2.24) is 4.90 Å². The topological polar surface area (TPSA) is 49.8 Å². The Bertz CT molecular complexity index is 665. The minimum absolute atomic E-state index is 0.175. The van der Waals surface area contributed by atoms with Gasteiger partial charge in [0.15, 0.2) is 0 Å². The van der Waals surface area contributed by atoms with Gasteiger partial charge in [-0.3, -0.25) is 4.79 Å². The van der Waals surface area contributed by atoms with Gasteiger partial charge in [0.05, 0.1) is 0 Å². The number of phenols is 1. The highest BCUT2D eigenvalue weighted by Crippen LogP contribution is 2.34. The molecule has 2 rings (SSSR count). The van der Waals surface area contributed by atoms with Crippen molar-refractivity contribution in [3.8, 4) is 5.75 Å². The maximum absolute atomic E-state index is 13.0. The van der Waals surface area contributed by atoms with E-state index >= 15 is 0 Å². The fraction of sp³-hybridized carbons (Fsp3) is 0.381. The molecule has 0 radical (unpaired) electrons. The summed E-state index contributed by atoms with van der Waals surface area (Å²) in [5.41, 5.74) is 0.746. The molecule has 134 valence electrons. The lowest BCUT2D eigenvalue weighted by atomic mass is 9.76. The van der Waals surface area contributed by atoms with Crippen LogP contribution in [0.15, 0.2) is 54.6 Å². The molecule has 0 bridgehead atoms. The van der Waals surface area contributed by atoms with Crippen molar-refractivity contribution >= 4 is 5.97 Å². The Morgan fingerprint density at radius 1 is 1.00 bits per heavy atom. The van der Waals surface area contributed by atoms with Crippen molar-refractivity contribution in [1.29, 1.82) is 0 Å². The minimum atomic E-state index is -0.918. The smallest absolute Gasteiger partial charge is 0.320 e. The number of carbonyl (C=O) groups excluding carboxylic acids is 1. The maximum atomic E-state index is 13.0. The van der Waals surface area contributed by atoms with Gasteiger partial charge in [-0.15, -0.1) is 0 Å². The Kier molecular flexibility index (Phi) is 6.59. The molecule has 0 heterocycles. The Labute approximate surface area is 150 Å². The molecule has 0 saturated carbocycles. The third kappa shape index (κ3) is 4.40. The Hall–Kier alpha value is -2.33. The average Bonchev–Trinajstić information content (AvgIpc) is 2.65. The van der Waals surface area contributed by atoms with E-state index in [4.69, 9.17) is 4.74 Å². The zero-order valence-corrected chi connectivity index (χ0v) is 15.2. The lowest BCUT2D eigenvalue weighted by Crippen LogP contribution is -2.37. The second-order valence-corrected chi connectivity index (χ2v) is 6.20. The molecule has 0 amide bonds. The van der Waals surface area contributed by atoms with Crippen LogP contribution in [0, 0.1) is 0 Å². The molecule has 0 aromatic heterocycles. The van der Waals surface area contributed by atoms with E-state index < -0.39 is 5.41 Å². The van der Waals surface area contributed by atoms with Gasteiger partial charge >= 0.3 is 5.97 Å². The number of aromatic hydroxyl groups is 1. The van der Waals surface area contributed by atoms with E-state index in [0.717, 1.165) is 30.8 Å². The molecule has 0 fully saturated rings. The van der Waals surface area contributed by atoms with Crippen LogP contribution in [0.1, 0.15) is 31.9 Å². The van der Waals surface area contributed by atoms with Crippen molar-refractivity contribution in [3.63, 3.8) is 0 Å². The SMILES string of the molecule is CCN(CC)CCOC(=O)C(C)(c1ccccc1)c1ccc(O)cc1. The minimum Gasteiger partial charge on any atom is -0.508 e. The molecule has 25 heavy (non-hydrogen) atoms. The van der Waals surface area contributed by atoms with E-state index in [1.54, 1.807) is 24.3 Å². The summed E-state index contributed by atoms with van der Waals surface area (Å²) < 4.78 is 5.64. The summed E-state index contributed by atoms with van der Waals surface area (Å²) in [5.74, 6) is -0.106. The van der Waals surface area contributed by atoms with Gasteiger partial charge in [-0.1, -0.05) is 56.3 Å². The zero-order chi connectivity index (χ0) is 18.3. The third-order valence-electron chi connectivity index (χ3n) is 4.74. The first-order valence-corrected chi connectivity index (χ1v) is 8.77. The molecule has 0 aliphatic carbocycles. The highest BCUT2D eigenvalue weighted by molar-refractivity contribution is 5.87. The molecule has 0 saturated heterocycles. The monoisotopic (exact) mass is 341 g/mol. The Balaban J connectivity index is 2.26. The number of carbonyl (C=O) groups is 1. The van der Waals surface area contributed by atoms with Crippen molar-refractivity contribution in [2.75, 3.05) is 26.2 Å². The van der Waals surface area contributed by atoms with E-state index in [0.29, 0.717) is 6.61 Å². The van der Waals surface area contributed by atoms with Crippen LogP contribution in [0.2, 0.25) is 0 Å². The maximum Gasteiger partial charge on any atom is 0.320 e. The highest BCUT2D eigenvalue weighted by atomic mass is 16.5. The largest absolute Gasteiger partial charge is 0.508 e. The van der Waals surface area contributed by atoms with Crippen LogP contribution >= 0.6 is 0 Å². The second-order valence-electron chi connectivity index (χ2n) is 6.20. The van der Waals surface area contributed by atoms with Crippen molar-refractivity contribution in [2.24, 2.45) is 0 Å². The fourth-order valence-electron chi connectivity index (χ4n) is 2.92. The number of hydrogen-bond acceptors (Lipinski definition) is 4. The number of phenolic OH excluding ortho intramolecular Hbond substituents is 1.